The molecule has 78 valence electrons. The minimum absolute atomic E-state index is 0.389. The Morgan fingerprint density at radius 3 is 3.27 bits per heavy atom. The lowest BCUT2D eigenvalue weighted by Gasteiger charge is -2.22. The van der Waals surface area contributed by atoms with E-state index < -0.39 is 0 Å². The Hall–Kier alpha value is -0.710. The third kappa shape index (κ3) is 1.62. The highest BCUT2D eigenvalue weighted by Gasteiger charge is 2.23. The molecule has 1 aliphatic rings. The molecule has 1 unspecified atom stereocenters. The Bertz CT molecular complexity index is 472. The Morgan fingerprint density at radius 2 is 2.47 bits per heavy atom. The summed E-state index contributed by atoms with van der Waals surface area (Å²) in [6.07, 6.45) is 3.17. The van der Waals surface area contributed by atoms with Crippen molar-refractivity contribution in [1.82, 2.24) is 10.3 Å². The van der Waals surface area contributed by atoms with E-state index in [2.05, 4.69) is 28.7 Å². The number of aryl methyl sites for hydroxylation is 1. The van der Waals surface area contributed by atoms with Crippen molar-refractivity contribution in [2.24, 2.45) is 0 Å². The van der Waals surface area contributed by atoms with Crippen molar-refractivity contribution in [3.8, 4) is 0 Å². The molecule has 1 aliphatic heterocycles. The fraction of sp³-hybridized carbons (Fsp3) is 0.364. The molecule has 0 radical (unpaired) electrons. The maximum atomic E-state index is 4.33. The van der Waals surface area contributed by atoms with Crippen LogP contribution >= 0.6 is 22.7 Å². The molecule has 3 rings (SSSR count). The normalized spacial score (nSPS) is 20.2. The third-order valence-corrected chi connectivity index (χ3v) is 4.71. The minimum Gasteiger partial charge on any atom is -0.305 e. The van der Waals surface area contributed by atoms with Crippen LogP contribution in [0.15, 0.2) is 17.6 Å². The van der Waals surface area contributed by atoms with Crippen LogP contribution in [0, 0.1) is 6.92 Å². The van der Waals surface area contributed by atoms with Gasteiger partial charge in [-0.05, 0) is 30.4 Å². The van der Waals surface area contributed by atoms with Gasteiger partial charge in [-0.25, -0.2) is 4.98 Å². The third-order valence-electron chi connectivity index (χ3n) is 2.71. The number of hydrogen-bond acceptors (Lipinski definition) is 4. The van der Waals surface area contributed by atoms with Gasteiger partial charge < -0.3 is 5.32 Å². The molecule has 2 aromatic rings. The highest BCUT2D eigenvalue weighted by atomic mass is 32.1. The van der Waals surface area contributed by atoms with Crippen LogP contribution in [-0.2, 0) is 6.42 Å². The molecule has 3 heterocycles. The summed E-state index contributed by atoms with van der Waals surface area (Å²) in [7, 11) is 0. The van der Waals surface area contributed by atoms with Crippen molar-refractivity contribution in [2.45, 2.75) is 19.4 Å². The lowest BCUT2D eigenvalue weighted by molar-refractivity contribution is 0.585. The van der Waals surface area contributed by atoms with Gasteiger partial charge in [0.25, 0.3) is 0 Å². The van der Waals surface area contributed by atoms with Crippen LogP contribution in [0.1, 0.15) is 26.4 Å². The molecular formula is C11H12N2S2. The second kappa shape index (κ2) is 3.70. The Labute approximate surface area is 97.0 Å². The van der Waals surface area contributed by atoms with Crippen LogP contribution < -0.4 is 5.32 Å². The molecule has 1 atom stereocenters. The lowest BCUT2D eigenvalue weighted by atomic mass is 10.0. The molecule has 2 aromatic heterocycles. The largest absolute Gasteiger partial charge is 0.305 e. The van der Waals surface area contributed by atoms with Crippen LogP contribution in [0.25, 0.3) is 0 Å². The van der Waals surface area contributed by atoms with Crippen molar-refractivity contribution in [1.29, 1.82) is 0 Å². The second-order valence-electron chi connectivity index (χ2n) is 3.73. The zero-order chi connectivity index (χ0) is 10.3. The van der Waals surface area contributed by atoms with Gasteiger partial charge in [0.05, 0.1) is 11.0 Å². The van der Waals surface area contributed by atoms with Crippen LogP contribution in [0.3, 0.4) is 0 Å². The average Bonchev–Trinajstić information content (AvgIpc) is 2.84. The summed E-state index contributed by atoms with van der Waals surface area (Å²) in [5.41, 5.74) is 1.51. The number of hydrogen-bond donors (Lipinski definition) is 1. The summed E-state index contributed by atoms with van der Waals surface area (Å²) in [5.74, 6) is 0. The molecule has 0 spiro atoms. The van der Waals surface area contributed by atoms with Gasteiger partial charge in [-0.15, -0.1) is 22.7 Å². The monoisotopic (exact) mass is 236 g/mol. The molecule has 15 heavy (non-hydrogen) atoms. The van der Waals surface area contributed by atoms with Crippen LogP contribution in [0.2, 0.25) is 0 Å². The molecule has 4 heteroatoms. The van der Waals surface area contributed by atoms with Crippen molar-refractivity contribution in [2.75, 3.05) is 6.54 Å². The zero-order valence-corrected chi connectivity index (χ0v) is 10.1. The topological polar surface area (TPSA) is 24.9 Å². The van der Waals surface area contributed by atoms with Gasteiger partial charge in [0, 0.05) is 22.5 Å². The van der Waals surface area contributed by atoms with Crippen molar-refractivity contribution in [3.63, 3.8) is 0 Å². The highest BCUT2D eigenvalue weighted by molar-refractivity contribution is 7.12. The van der Waals surface area contributed by atoms with Crippen LogP contribution in [0.4, 0.5) is 0 Å². The Kier molecular flexibility index (Phi) is 2.35. The van der Waals surface area contributed by atoms with Crippen molar-refractivity contribution < 1.29 is 0 Å². The van der Waals surface area contributed by atoms with Crippen LogP contribution in [-0.4, -0.2) is 11.5 Å². The number of fused-ring (bicyclic) bond motifs is 1. The van der Waals surface area contributed by atoms with Gasteiger partial charge in [0.1, 0.15) is 0 Å². The van der Waals surface area contributed by atoms with Gasteiger partial charge in [0.15, 0.2) is 0 Å². The predicted molar refractivity (Wildman–Crippen MR) is 64.7 cm³/mol. The van der Waals surface area contributed by atoms with Crippen molar-refractivity contribution >= 4 is 22.7 Å². The molecule has 0 fully saturated rings. The summed E-state index contributed by atoms with van der Waals surface area (Å²) in [5, 5.41) is 6.91. The summed E-state index contributed by atoms with van der Waals surface area (Å²) < 4.78 is 0. The summed E-state index contributed by atoms with van der Waals surface area (Å²) in [6, 6.07) is 2.64. The van der Waals surface area contributed by atoms with Gasteiger partial charge in [0.2, 0.25) is 0 Å². The average molecular weight is 236 g/mol. The van der Waals surface area contributed by atoms with Gasteiger partial charge in [-0.3, -0.25) is 0 Å². The summed E-state index contributed by atoms with van der Waals surface area (Å²) >= 11 is 3.65. The Morgan fingerprint density at radius 1 is 1.53 bits per heavy atom. The first kappa shape index (κ1) is 9.51. The molecular weight excluding hydrogens is 224 g/mol. The summed E-state index contributed by atoms with van der Waals surface area (Å²) in [4.78, 5) is 7.15. The first-order valence-electron chi connectivity index (χ1n) is 5.06. The molecule has 0 bridgehead atoms. The SMILES string of the molecule is Cc1ncc(C2NCCc3ccsc32)s1. The van der Waals surface area contributed by atoms with E-state index in [1.54, 1.807) is 11.3 Å². The van der Waals surface area contributed by atoms with E-state index in [1.165, 1.54) is 15.3 Å². The molecule has 0 aliphatic carbocycles. The molecule has 0 amide bonds. The van der Waals surface area contributed by atoms with Gasteiger partial charge >= 0.3 is 0 Å². The number of nitrogens with zero attached hydrogens (tertiary/aromatic N) is 1. The highest BCUT2D eigenvalue weighted by Crippen LogP contribution is 2.34. The molecule has 0 aromatic carbocycles. The minimum atomic E-state index is 0.389. The Balaban J connectivity index is 2.02. The molecule has 0 saturated carbocycles. The first-order valence-corrected chi connectivity index (χ1v) is 6.76. The van der Waals surface area contributed by atoms with E-state index in [0.717, 1.165) is 18.0 Å². The van der Waals surface area contributed by atoms with Crippen molar-refractivity contribution in [3.05, 3.63) is 38.0 Å². The van der Waals surface area contributed by atoms with E-state index in [0.29, 0.717) is 6.04 Å². The molecule has 0 saturated heterocycles. The standard InChI is InChI=1S/C11H12N2S2/c1-7-13-6-9(15-7)10-11-8(2-4-12-10)3-5-14-11/h3,5-6,10,12H,2,4H2,1H3. The maximum Gasteiger partial charge on any atom is 0.0897 e. The number of nitrogens with one attached hydrogen (secondary N) is 1. The molecule has 2 nitrogen and oxygen atoms in total. The van der Waals surface area contributed by atoms with Gasteiger partial charge in [-0.1, -0.05) is 0 Å². The number of aromatic nitrogens is 1. The van der Waals surface area contributed by atoms with E-state index in [1.807, 2.05) is 17.5 Å². The fourth-order valence-electron chi connectivity index (χ4n) is 1.99. The number of rotatable bonds is 1. The summed E-state index contributed by atoms with van der Waals surface area (Å²) in [6.45, 7) is 3.14. The maximum absolute atomic E-state index is 4.33. The van der Waals surface area contributed by atoms with E-state index in [4.69, 9.17) is 0 Å². The fourth-order valence-corrected chi connectivity index (χ4v) is 3.98. The van der Waals surface area contributed by atoms with Crippen LogP contribution in [0.5, 0.6) is 0 Å². The zero-order valence-electron chi connectivity index (χ0n) is 8.49. The number of thiazole rings is 1. The predicted octanol–water partition coefficient (Wildman–Crippen LogP) is 2.75. The van der Waals surface area contributed by atoms with Gasteiger partial charge in [-0.2, -0.15) is 0 Å². The van der Waals surface area contributed by atoms with E-state index in [-0.39, 0.29) is 0 Å². The van der Waals surface area contributed by atoms with E-state index >= 15 is 0 Å². The molecule has 1 N–H and O–H groups in total. The van der Waals surface area contributed by atoms with E-state index in [9.17, 15) is 0 Å². The smallest absolute Gasteiger partial charge is 0.0897 e. The number of thiophene rings is 1. The first-order chi connectivity index (χ1) is 7.34. The quantitative estimate of drug-likeness (QED) is 0.823. The lowest BCUT2D eigenvalue weighted by Crippen LogP contribution is -2.28. The second-order valence-corrected chi connectivity index (χ2v) is 5.94.